The van der Waals surface area contributed by atoms with E-state index in [0.717, 1.165) is 57.5 Å². The van der Waals surface area contributed by atoms with Crippen LogP contribution in [0.2, 0.25) is 0 Å². The van der Waals surface area contributed by atoms with Gasteiger partial charge >= 0.3 is 11.9 Å². The molecule has 6 nitrogen and oxygen atoms in total. The second-order valence-electron chi connectivity index (χ2n) is 17.8. The smallest absolute Gasteiger partial charge is 0.305 e. The quantitative estimate of drug-likeness (QED) is 0.229. The topological polar surface area (TPSA) is 72.9 Å². The van der Waals surface area contributed by atoms with Gasteiger partial charge in [0.15, 0.2) is 0 Å². The first-order valence-corrected chi connectivity index (χ1v) is 24.4. The Morgan fingerprint density at radius 1 is 0.527 bits per heavy atom. The van der Waals surface area contributed by atoms with E-state index in [1.807, 2.05) is 0 Å². The van der Waals surface area contributed by atoms with Gasteiger partial charge in [-0.05, 0) is 76.3 Å². The van der Waals surface area contributed by atoms with Crippen LogP contribution in [0.4, 0.5) is 0 Å². The van der Waals surface area contributed by atoms with Gasteiger partial charge in [-0.1, -0.05) is 188 Å². The van der Waals surface area contributed by atoms with Crippen molar-refractivity contribution in [3.63, 3.8) is 0 Å². The molecule has 2 unspecified atom stereocenters. The number of carbonyl (C=O) groups is 3. The Hall–Kier alpha value is -1.43. The summed E-state index contributed by atoms with van der Waals surface area (Å²) in [5.41, 5.74) is 0. The van der Waals surface area contributed by atoms with Gasteiger partial charge < -0.3 is 9.47 Å². The third kappa shape index (κ3) is 34.3. The number of hydrogen-bond acceptors (Lipinski definition) is 6. The van der Waals surface area contributed by atoms with E-state index < -0.39 is 0 Å². The molecule has 6 heteroatoms. The number of esters is 2. The van der Waals surface area contributed by atoms with Gasteiger partial charge in [0, 0.05) is 12.8 Å². The van der Waals surface area contributed by atoms with Gasteiger partial charge in [-0.15, -0.1) is 0 Å². The summed E-state index contributed by atoms with van der Waals surface area (Å²) in [5.74, 6) is 2.56. The zero-order chi connectivity index (χ0) is 40.0. The van der Waals surface area contributed by atoms with E-state index in [-0.39, 0.29) is 17.7 Å². The number of likely N-dealkylation sites (tertiary alicyclic amines) is 1. The van der Waals surface area contributed by atoms with Crippen molar-refractivity contribution in [3.05, 3.63) is 0 Å². The minimum absolute atomic E-state index is 0.0170. The van der Waals surface area contributed by atoms with Crippen molar-refractivity contribution < 1.29 is 23.9 Å². The maximum atomic E-state index is 12.3. The Morgan fingerprint density at radius 3 is 1.27 bits per heavy atom. The van der Waals surface area contributed by atoms with Crippen LogP contribution in [0.25, 0.3) is 0 Å². The average Bonchev–Trinajstić information content (AvgIpc) is 3.67. The van der Waals surface area contributed by atoms with Crippen molar-refractivity contribution in [2.45, 2.75) is 246 Å². The van der Waals surface area contributed by atoms with Crippen LogP contribution in [0.3, 0.4) is 0 Å². The van der Waals surface area contributed by atoms with Crippen LogP contribution in [-0.4, -0.2) is 55.5 Å². The number of cyclic esters (lactones) is 2. The standard InChI is InChI=1S/C42H80O4.C7H13NO/c1-4-6-28-39-30-22-18-19-23-31-40(29-7-5-2)35-37-46-42(44)33-25-17-13-9-11-15-21-27-38(3)26-20-14-10-8-12-16-24-32-41(43)45-36-34-39;1-7(9)6-8-4-2-3-5-8/h38-40H,4-37H2,1-3H3;2-6H2,1H3. The maximum Gasteiger partial charge on any atom is 0.305 e. The summed E-state index contributed by atoms with van der Waals surface area (Å²) in [6.45, 7) is 12.8. The highest BCUT2D eigenvalue weighted by Gasteiger charge is 2.14. The van der Waals surface area contributed by atoms with E-state index in [0.29, 0.717) is 44.4 Å². The number of carbonyl (C=O) groups excluding carboxylic acids is 3. The lowest BCUT2D eigenvalue weighted by Crippen LogP contribution is -2.24. The summed E-state index contributed by atoms with van der Waals surface area (Å²) in [4.78, 5) is 37.4. The molecule has 0 N–H and O–H groups in total. The SMILES string of the molecule is CC(=O)CN1CCCC1.CCCCC1CCCCCCC(CCCC)CCOC(=O)CCCCCCCCCC(C)CCCCCCCCCC(=O)OCC1. The first-order chi connectivity index (χ1) is 26.8. The fourth-order valence-electron chi connectivity index (χ4n) is 8.59. The Kier molecular flexibility index (Phi) is 35.7. The molecule has 0 bridgehead atoms. The summed E-state index contributed by atoms with van der Waals surface area (Å²) in [6.07, 6.45) is 41.4. The molecular formula is C49H93NO5. The zero-order valence-electron chi connectivity index (χ0n) is 37.3. The lowest BCUT2D eigenvalue weighted by molar-refractivity contribution is -0.145. The van der Waals surface area contributed by atoms with E-state index in [1.165, 1.54) is 167 Å². The third-order valence-corrected chi connectivity index (χ3v) is 12.3. The summed E-state index contributed by atoms with van der Waals surface area (Å²) in [6, 6.07) is 0. The van der Waals surface area contributed by atoms with Crippen molar-refractivity contribution in [1.29, 1.82) is 0 Å². The molecule has 2 rings (SSSR count). The number of ether oxygens (including phenoxy) is 2. The molecule has 2 fully saturated rings. The number of Topliss-reactive ketones (excluding diaryl/α,β-unsaturated/α-hetero) is 1. The Bertz CT molecular complexity index is 831. The van der Waals surface area contributed by atoms with Gasteiger partial charge in [0.2, 0.25) is 0 Å². The molecule has 0 radical (unpaired) electrons. The summed E-state index contributed by atoms with van der Waals surface area (Å²) >= 11 is 0. The molecule has 2 saturated heterocycles. The van der Waals surface area contributed by atoms with Gasteiger partial charge in [0.05, 0.1) is 19.8 Å². The fourth-order valence-corrected chi connectivity index (χ4v) is 8.59. The molecule has 0 aromatic rings. The minimum Gasteiger partial charge on any atom is -0.466 e. The lowest BCUT2D eigenvalue weighted by Gasteiger charge is -2.18. The first kappa shape index (κ1) is 51.6. The van der Waals surface area contributed by atoms with Crippen molar-refractivity contribution >= 4 is 17.7 Å². The van der Waals surface area contributed by atoms with Crippen LogP contribution < -0.4 is 0 Å². The molecular weight excluding hydrogens is 683 g/mol. The molecule has 0 aliphatic carbocycles. The lowest BCUT2D eigenvalue weighted by atomic mass is 9.90. The van der Waals surface area contributed by atoms with Gasteiger partial charge in [-0.25, -0.2) is 0 Å². The molecule has 0 spiro atoms. The highest BCUT2D eigenvalue weighted by molar-refractivity contribution is 5.77. The molecule has 2 heterocycles. The molecule has 2 aliphatic rings. The molecule has 0 aromatic carbocycles. The van der Waals surface area contributed by atoms with E-state index in [9.17, 15) is 14.4 Å². The van der Waals surface area contributed by atoms with Crippen molar-refractivity contribution in [1.82, 2.24) is 4.90 Å². The Balaban J connectivity index is 0.00000146. The highest BCUT2D eigenvalue weighted by atomic mass is 16.5. The Morgan fingerprint density at radius 2 is 0.891 bits per heavy atom. The summed E-state index contributed by atoms with van der Waals surface area (Å²) in [5, 5.41) is 0. The molecule has 0 aromatic heterocycles. The number of nitrogens with zero attached hydrogens (tertiary/aromatic N) is 1. The van der Waals surface area contributed by atoms with Crippen molar-refractivity contribution in [2.75, 3.05) is 32.8 Å². The molecule has 0 amide bonds. The van der Waals surface area contributed by atoms with Gasteiger partial charge in [0.25, 0.3) is 0 Å². The highest BCUT2D eigenvalue weighted by Crippen LogP contribution is 2.24. The minimum atomic E-state index is 0.0170. The number of unbranched alkanes of at least 4 members (excludes halogenated alkanes) is 2. The van der Waals surface area contributed by atoms with E-state index in [4.69, 9.17) is 9.47 Å². The largest absolute Gasteiger partial charge is 0.466 e. The van der Waals surface area contributed by atoms with Crippen LogP contribution in [0.5, 0.6) is 0 Å². The maximum absolute atomic E-state index is 12.3. The van der Waals surface area contributed by atoms with Crippen molar-refractivity contribution in [3.8, 4) is 0 Å². The van der Waals surface area contributed by atoms with E-state index in [1.54, 1.807) is 6.92 Å². The van der Waals surface area contributed by atoms with Crippen molar-refractivity contribution in [2.24, 2.45) is 17.8 Å². The van der Waals surface area contributed by atoms with Crippen LogP contribution >= 0.6 is 0 Å². The summed E-state index contributed by atoms with van der Waals surface area (Å²) < 4.78 is 11.3. The Labute approximate surface area is 342 Å². The molecule has 324 valence electrons. The normalized spacial score (nSPS) is 24.9. The molecule has 55 heavy (non-hydrogen) atoms. The van der Waals surface area contributed by atoms with Crippen LogP contribution in [-0.2, 0) is 23.9 Å². The second kappa shape index (κ2) is 38.1. The number of hydrogen-bond donors (Lipinski definition) is 0. The number of rotatable bonds is 8. The van der Waals surface area contributed by atoms with Crippen LogP contribution in [0, 0.1) is 17.8 Å². The van der Waals surface area contributed by atoms with Gasteiger partial charge in [-0.2, -0.15) is 0 Å². The third-order valence-electron chi connectivity index (χ3n) is 12.3. The molecule has 2 atom stereocenters. The predicted octanol–water partition coefficient (Wildman–Crippen LogP) is 14.1. The zero-order valence-corrected chi connectivity index (χ0v) is 37.3. The summed E-state index contributed by atoms with van der Waals surface area (Å²) in [7, 11) is 0. The van der Waals surface area contributed by atoms with E-state index in [2.05, 4.69) is 25.7 Å². The van der Waals surface area contributed by atoms with E-state index >= 15 is 0 Å². The number of ketones is 1. The van der Waals surface area contributed by atoms with Crippen LogP contribution in [0.1, 0.15) is 246 Å². The molecule has 2 aliphatic heterocycles. The predicted molar refractivity (Wildman–Crippen MR) is 234 cm³/mol. The van der Waals surface area contributed by atoms with Gasteiger partial charge in [-0.3, -0.25) is 19.3 Å². The van der Waals surface area contributed by atoms with Crippen LogP contribution in [0.15, 0.2) is 0 Å². The monoisotopic (exact) mass is 776 g/mol. The fraction of sp³-hybridized carbons (Fsp3) is 0.939. The first-order valence-electron chi connectivity index (χ1n) is 24.4. The van der Waals surface area contributed by atoms with Gasteiger partial charge in [0.1, 0.15) is 5.78 Å². The average molecular weight is 776 g/mol. The molecule has 0 saturated carbocycles. The second-order valence-corrected chi connectivity index (χ2v) is 17.8.